The maximum absolute atomic E-state index is 3.63. The van der Waals surface area contributed by atoms with Gasteiger partial charge in [-0.25, -0.2) is 0 Å². The first-order valence-corrected chi connectivity index (χ1v) is 8.11. The molecule has 0 spiro atoms. The number of piperidine rings is 2. The lowest BCUT2D eigenvalue weighted by molar-refractivity contribution is 0.0891. The zero-order chi connectivity index (χ0) is 12.2. The summed E-state index contributed by atoms with van der Waals surface area (Å²) in [7, 11) is 0. The van der Waals surface area contributed by atoms with Gasteiger partial charge in [-0.15, -0.1) is 0 Å². The molecule has 0 amide bonds. The van der Waals surface area contributed by atoms with Gasteiger partial charge in [-0.2, -0.15) is 0 Å². The molecule has 3 aliphatic rings. The van der Waals surface area contributed by atoms with Gasteiger partial charge in [0.2, 0.25) is 0 Å². The van der Waals surface area contributed by atoms with Crippen molar-refractivity contribution in [2.45, 2.75) is 57.0 Å². The fourth-order valence-corrected chi connectivity index (χ4v) is 3.97. The molecule has 104 valence electrons. The summed E-state index contributed by atoms with van der Waals surface area (Å²) in [5, 5.41) is 3.63. The Morgan fingerprint density at radius 2 is 1.61 bits per heavy atom. The van der Waals surface area contributed by atoms with Gasteiger partial charge in [0.25, 0.3) is 0 Å². The third kappa shape index (κ3) is 3.25. The Kier molecular flexibility index (Phi) is 4.55. The number of nitrogens with one attached hydrogen (secondary N) is 1. The first-order chi connectivity index (χ1) is 8.92. The summed E-state index contributed by atoms with van der Waals surface area (Å²) in [6.45, 7) is 7.95. The van der Waals surface area contributed by atoms with Crippen molar-refractivity contribution in [3.05, 3.63) is 0 Å². The second kappa shape index (κ2) is 6.36. The second-order valence-corrected chi connectivity index (χ2v) is 6.42. The third-order valence-corrected chi connectivity index (χ3v) is 5.11. The molecule has 0 radical (unpaired) electrons. The monoisotopic (exact) mass is 251 g/mol. The number of rotatable bonds is 3. The quantitative estimate of drug-likeness (QED) is 0.823. The van der Waals surface area contributed by atoms with Crippen LogP contribution in [0.4, 0.5) is 0 Å². The minimum absolute atomic E-state index is 0.788. The van der Waals surface area contributed by atoms with Gasteiger partial charge in [-0.1, -0.05) is 6.42 Å². The molecule has 0 aliphatic carbocycles. The highest BCUT2D eigenvalue weighted by atomic mass is 15.2. The first kappa shape index (κ1) is 12.9. The second-order valence-electron chi connectivity index (χ2n) is 6.42. The van der Waals surface area contributed by atoms with Gasteiger partial charge < -0.3 is 15.1 Å². The highest BCUT2D eigenvalue weighted by Crippen LogP contribution is 2.21. The molecule has 0 saturated carbocycles. The Labute approximate surface area is 112 Å². The Hall–Kier alpha value is -0.120. The molecule has 0 aromatic carbocycles. The maximum Gasteiger partial charge on any atom is 0.0195 e. The van der Waals surface area contributed by atoms with Crippen LogP contribution < -0.4 is 5.32 Å². The number of nitrogens with zero attached hydrogens (tertiary/aromatic N) is 2. The molecule has 1 N–H and O–H groups in total. The zero-order valence-corrected chi connectivity index (χ0v) is 11.7. The molecule has 3 saturated heterocycles. The van der Waals surface area contributed by atoms with Crippen LogP contribution in [0.15, 0.2) is 0 Å². The predicted octanol–water partition coefficient (Wildman–Crippen LogP) is 1.69. The molecular formula is C15H29N3. The Bertz CT molecular complexity index is 236. The lowest BCUT2D eigenvalue weighted by atomic mass is 9.99. The van der Waals surface area contributed by atoms with Crippen LogP contribution in [0.25, 0.3) is 0 Å². The first-order valence-electron chi connectivity index (χ1n) is 8.11. The van der Waals surface area contributed by atoms with Crippen molar-refractivity contribution < 1.29 is 0 Å². The van der Waals surface area contributed by atoms with Crippen molar-refractivity contribution in [2.75, 3.05) is 39.3 Å². The van der Waals surface area contributed by atoms with Gasteiger partial charge in [0.1, 0.15) is 0 Å². The van der Waals surface area contributed by atoms with Gasteiger partial charge in [-0.3, -0.25) is 0 Å². The number of hydrogen-bond acceptors (Lipinski definition) is 3. The molecule has 0 aromatic rings. The van der Waals surface area contributed by atoms with Crippen LogP contribution in [-0.2, 0) is 0 Å². The van der Waals surface area contributed by atoms with E-state index in [0.717, 1.165) is 12.1 Å². The summed E-state index contributed by atoms with van der Waals surface area (Å²) in [6.07, 6.45) is 9.93. The molecule has 18 heavy (non-hydrogen) atoms. The van der Waals surface area contributed by atoms with Crippen LogP contribution in [0.1, 0.15) is 44.9 Å². The summed E-state index contributed by atoms with van der Waals surface area (Å²) in [5.74, 6) is 0. The van der Waals surface area contributed by atoms with E-state index in [1.165, 1.54) is 84.2 Å². The van der Waals surface area contributed by atoms with E-state index in [0.29, 0.717) is 0 Å². The lowest BCUT2D eigenvalue weighted by Gasteiger charge is -2.40. The molecule has 3 fully saturated rings. The van der Waals surface area contributed by atoms with Gasteiger partial charge in [0.05, 0.1) is 0 Å². The predicted molar refractivity (Wildman–Crippen MR) is 75.9 cm³/mol. The van der Waals surface area contributed by atoms with E-state index in [9.17, 15) is 0 Å². The van der Waals surface area contributed by atoms with Crippen LogP contribution >= 0.6 is 0 Å². The van der Waals surface area contributed by atoms with E-state index in [1.807, 2.05) is 0 Å². The van der Waals surface area contributed by atoms with Crippen molar-refractivity contribution in [1.82, 2.24) is 15.1 Å². The number of hydrogen-bond donors (Lipinski definition) is 1. The van der Waals surface area contributed by atoms with Crippen molar-refractivity contribution in [3.63, 3.8) is 0 Å². The summed E-state index contributed by atoms with van der Waals surface area (Å²) in [5.41, 5.74) is 0. The molecule has 3 nitrogen and oxygen atoms in total. The minimum atomic E-state index is 0.788. The van der Waals surface area contributed by atoms with E-state index in [1.54, 1.807) is 0 Å². The summed E-state index contributed by atoms with van der Waals surface area (Å²) in [4.78, 5) is 5.47. The molecule has 3 heteroatoms. The number of likely N-dealkylation sites (tertiary alicyclic amines) is 2. The van der Waals surface area contributed by atoms with E-state index < -0.39 is 0 Å². The van der Waals surface area contributed by atoms with Crippen molar-refractivity contribution in [3.8, 4) is 0 Å². The Morgan fingerprint density at radius 3 is 2.28 bits per heavy atom. The topological polar surface area (TPSA) is 18.5 Å². The Morgan fingerprint density at radius 1 is 0.833 bits per heavy atom. The molecule has 3 rings (SSSR count). The smallest absolute Gasteiger partial charge is 0.0195 e. The van der Waals surface area contributed by atoms with Crippen molar-refractivity contribution >= 4 is 0 Å². The standard InChI is InChI=1S/C15H29N3/c1-2-9-18(10-3-1)15-6-11-17(12-7-15)13-14-5-4-8-16-14/h14-16H,1-13H2/t14-/m0/s1. The van der Waals surface area contributed by atoms with Crippen molar-refractivity contribution in [2.24, 2.45) is 0 Å². The van der Waals surface area contributed by atoms with Gasteiger partial charge in [-0.05, 0) is 71.2 Å². The van der Waals surface area contributed by atoms with E-state index in [2.05, 4.69) is 15.1 Å². The highest BCUT2D eigenvalue weighted by molar-refractivity contribution is 4.84. The van der Waals surface area contributed by atoms with Gasteiger partial charge >= 0.3 is 0 Å². The van der Waals surface area contributed by atoms with Crippen LogP contribution in [0.3, 0.4) is 0 Å². The average molecular weight is 251 g/mol. The van der Waals surface area contributed by atoms with Gasteiger partial charge in [0.15, 0.2) is 0 Å². The van der Waals surface area contributed by atoms with E-state index >= 15 is 0 Å². The maximum atomic E-state index is 3.63. The SMILES string of the molecule is C1CCN(C2CCN(C[C@@H]3CCCN3)CC2)CC1. The zero-order valence-electron chi connectivity index (χ0n) is 11.7. The largest absolute Gasteiger partial charge is 0.313 e. The van der Waals surface area contributed by atoms with Crippen LogP contribution in [-0.4, -0.2) is 61.2 Å². The normalized spacial score (nSPS) is 33.0. The Balaban J connectivity index is 1.40. The molecule has 0 bridgehead atoms. The van der Waals surface area contributed by atoms with Crippen LogP contribution in [0.2, 0.25) is 0 Å². The molecule has 0 unspecified atom stereocenters. The van der Waals surface area contributed by atoms with Gasteiger partial charge in [0, 0.05) is 18.6 Å². The summed E-state index contributed by atoms with van der Waals surface area (Å²) in [6, 6.07) is 1.69. The summed E-state index contributed by atoms with van der Waals surface area (Å²) < 4.78 is 0. The molecule has 3 heterocycles. The van der Waals surface area contributed by atoms with Crippen LogP contribution in [0, 0.1) is 0 Å². The lowest BCUT2D eigenvalue weighted by Crippen LogP contribution is -2.48. The van der Waals surface area contributed by atoms with E-state index in [4.69, 9.17) is 0 Å². The van der Waals surface area contributed by atoms with E-state index in [-0.39, 0.29) is 0 Å². The molecule has 3 aliphatic heterocycles. The molecule has 1 atom stereocenters. The average Bonchev–Trinajstić information content (AvgIpc) is 2.94. The van der Waals surface area contributed by atoms with Crippen LogP contribution in [0.5, 0.6) is 0 Å². The fourth-order valence-electron chi connectivity index (χ4n) is 3.97. The molecular weight excluding hydrogens is 222 g/mol. The van der Waals surface area contributed by atoms with Crippen molar-refractivity contribution in [1.29, 1.82) is 0 Å². The third-order valence-electron chi connectivity index (χ3n) is 5.11. The fraction of sp³-hybridized carbons (Fsp3) is 1.00. The minimum Gasteiger partial charge on any atom is -0.313 e. The molecule has 0 aromatic heterocycles. The highest BCUT2D eigenvalue weighted by Gasteiger charge is 2.27. The summed E-state index contributed by atoms with van der Waals surface area (Å²) >= 11 is 0.